The molecular formula is C12H18N6. The van der Waals surface area contributed by atoms with Crippen LogP contribution in [0.15, 0.2) is 12.3 Å². The van der Waals surface area contributed by atoms with Gasteiger partial charge in [0.1, 0.15) is 11.5 Å². The maximum atomic E-state index is 5.50. The summed E-state index contributed by atoms with van der Waals surface area (Å²) in [7, 11) is 0. The number of hydrogen-bond acceptors (Lipinski definition) is 5. The summed E-state index contributed by atoms with van der Waals surface area (Å²) < 4.78 is 1.87. The Morgan fingerprint density at radius 2 is 2.11 bits per heavy atom. The molecule has 0 saturated carbocycles. The molecule has 96 valence electrons. The fourth-order valence-electron chi connectivity index (χ4n) is 1.94. The van der Waals surface area contributed by atoms with Crippen LogP contribution in [0.5, 0.6) is 0 Å². The predicted octanol–water partition coefficient (Wildman–Crippen LogP) is 1.52. The Balaban J connectivity index is 2.58. The highest BCUT2D eigenvalue weighted by atomic mass is 15.3. The SMILES string of the molecule is CCc1nc(-c2ccnn2CC)nc(NN)c1C. The Labute approximate surface area is 106 Å². The van der Waals surface area contributed by atoms with Gasteiger partial charge in [-0.1, -0.05) is 6.92 Å². The summed E-state index contributed by atoms with van der Waals surface area (Å²) >= 11 is 0. The number of nitrogen functional groups attached to an aromatic ring is 1. The second-order valence-corrected chi connectivity index (χ2v) is 4.00. The fourth-order valence-corrected chi connectivity index (χ4v) is 1.94. The zero-order chi connectivity index (χ0) is 13.1. The van der Waals surface area contributed by atoms with Crippen LogP contribution in [0.1, 0.15) is 25.1 Å². The molecule has 0 fully saturated rings. The summed E-state index contributed by atoms with van der Waals surface area (Å²) in [6, 6.07) is 1.91. The van der Waals surface area contributed by atoms with Gasteiger partial charge in [0.25, 0.3) is 0 Å². The Bertz CT molecular complexity index is 520. The summed E-state index contributed by atoms with van der Waals surface area (Å²) in [4.78, 5) is 9.03. The van der Waals surface area contributed by atoms with Crippen molar-refractivity contribution in [1.82, 2.24) is 19.7 Å². The molecule has 2 aromatic rings. The maximum Gasteiger partial charge on any atom is 0.180 e. The van der Waals surface area contributed by atoms with E-state index in [-0.39, 0.29) is 0 Å². The molecule has 6 nitrogen and oxygen atoms in total. The van der Waals surface area contributed by atoms with Crippen LogP contribution in [0, 0.1) is 6.92 Å². The molecule has 0 saturated heterocycles. The van der Waals surface area contributed by atoms with Crippen molar-refractivity contribution in [1.29, 1.82) is 0 Å². The average molecular weight is 246 g/mol. The largest absolute Gasteiger partial charge is 0.308 e. The number of anilines is 1. The minimum Gasteiger partial charge on any atom is -0.308 e. The van der Waals surface area contributed by atoms with Gasteiger partial charge < -0.3 is 5.43 Å². The van der Waals surface area contributed by atoms with E-state index in [1.54, 1.807) is 6.20 Å². The van der Waals surface area contributed by atoms with E-state index in [9.17, 15) is 0 Å². The monoisotopic (exact) mass is 246 g/mol. The van der Waals surface area contributed by atoms with Gasteiger partial charge in [-0.25, -0.2) is 15.8 Å². The first-order valence-corrected chi connectivity index (χ1v) is 6.07. The number of hydrogen-bond donors (Lipinski definition) is 2. The summed E-state index contributed by atoms with van der Waals surface area (Å²) in [5.41, 5.74) is 5.52. The van der Waals surface area contributed by atoms with E-state index in [1.165, 1.54) is 0 Å². The van der Waals surface area contributed by atoms with Crippen LogP contribution in [0.4, 0.5) is 5.82 Å². The molecule has 2 aromatic heterocycles. The molecule has 18 heavy (non-hydrogen) atoms. The highest BCUT2D eigenvalue weighted by Gasteiger charge is 2.13. The van der Waals surface area contributed by atoms with E-state index in [0.29, 0.717) is 11.6 Å². The maximum absolute atomic E-state index is 5.50. The molecule has 0 unspecified atom stereocenters. The molecule has 3 N–H and O–H groups in total. The minimum absolute atomic E-state index is 0.657. The quantitative estimate of drug-likeness (QED) is 0.631. The van der Waals surface area contributed by atoms with Crippen LogP contribution in [-0.2, 0) is 13.0 Å². The van der Waals surface area contributed by atoms with E-state index in [4.69, 9.17) is 5.84 Å². The first-order chi connectivity index (χ1) is 8.71. The molecule has 0 aliphatic carbocycles. The third-order valence-corrected chi connectivity index (χ3v) is 2.96. The van der Waals surface area contributed by atoms with E-state index < -0.39 is 0 Å². The summed E-state index contributed by atoms with van der Waals surface area (Å²) in [5.74, 6) is 6.83. The molecule has 0 aliphatic heterocycles. The molecular weight excluding hydrogens is 228 g/mol. The average Bonchev–Trinajstić information content (AvgIpc) is 2.87. The summed E-state index contributed by atoms with van der Waals surface area (Å²) in [6.45, 7) is 6.85. The van der Waals surface area contributed by atoms with Gasteiger partial charge in [0.05, 0.1) is 0 Å². The Hall–Kier alpha value is -1.95. The molecule has 0 aromatic carbocycles. The van der Waals surface area contributed by atoms with Crippen molar-refractivity contribution in [2.45, 2.75) is 33.7 Å². The highest BCUT2D eigenvalue weighted by molar-refractivity contribution is 5.56. The van der Waals surface area contributed by atoms with Gasteiger partial charge in [0.15, 0.2) is 5.82 Å². The lowest BCUT2D eigenvalue weighted by Gasteiger charge is -2.11. The van der Waals surface area contributed by atoms with Gasteiger partial charge >= 0.3 is 0 Å². The summed E-state index contributed by atoms with van der Waals surface area (Å²) in [6.07, 6.45) is 2.60. The van der Waals surface area contributed by atoms with Crippen LogP contribution in [0.25, 0.3) is 11.5 Å². The zero-order valence-electron chi connectivity index (χ0n) is 10.9. The molecule has 2 rings (SSSR count). The van der Waals surface area contributed by atoms with E-state index >= 15 is 0 Å². The van der Waals surface area contributed by atoms with Crippen molar-refractivity contribution >= 4 is 5.82 Å². The molecule has 0 radical (unpaired) electrons. The molecule has 0 amide bonds. The Morgan fingerprint density at radius 1 is 1.33 bits per heavy atom. The number of nitrogens with one attached hydrogen (secondary N) is 1. The fraction of sp³-hybridized carbons (Fsp3) is 0.417. The van der Waals surface area contributed by atoms with E-state index in [1.807, 2.05) is 24.6 Å². The van der Waals surface area contributed by atoms with Crippen LogP contribution >= 0.6 is 0 Å². The van der Waals surface area contributed by atoms with Gasteiger partial charge in [-0.15, -0.1) is 0 Å². The Kier molecular flexibility index (Phi) is 3.57. The molecule has 0 aliphatic rings. The number of aryl methyl sites for hydroxylation is 2. The van der Waals surface area contributed by atoms with Crippen molar-refractivity contribution in [2.75, 3.05) is 5.43 Å². The third-order valence-electron chi connectivity index (χ3n) is 2.96. The first kappa shape index (κ1) is 12.5. The third kappa shape index (κ3) is 2.06. The van der Waals surface area contributed by atoms with Crippen molar-refractivity contribution in [2.24, 2.45) is 5.84 Å². The van der Waals surface area contributed by atoms with Gasteiger partial charge in [0, 0.05) is 24.0 Å². The van der Waals surface area contributed by atoms with Crippen LogP contribution in [0.2, 0.25) is 0 Å². The van der Waals surface area contributed by atoms with Crippen molar-refractivity contribution in [3.63, 3.8) is 0 Å². The molecule has 0 bridgehead atoms. The second-order valence-electron chi connectivity index (χ2n) is 4.00. The normalized spacial score (nSPS) is 10.7. The molecule has 2 heterocycles. The number of nitrogens with two attached hydrogens (primary N) is 1. The number of hydrazine groups is 1. The zero-order valence-corrected chi connectivity index (χ0v) is 10.9. The number of nitrogens with zero attached hydrogens (tertiary/aromatic N) is 4. The lowest BCUT2D eigenvalue weighted by molar-refractivity contribution is 0.663. The standard InChI is InChI=1S/C12H18N6/c1-4-9-8(3)11(17-13)16-12(15-9)10-6-7-14-18(10)5-2/h6-7H,4-5,13H2,1-3H3,(H,15,16,17). The van der Waals surface area contributed by atoms with E-state index in [2.05, 4.69) is 27.4 Å². The first-order valence-electron chi connectivity index (χ1n) is 6.07. The van der Waals surface area contributed by atoms with Crippen molar-refractivity contribution < 1.29 is 0 Å². The molecule has 6 heteroatoms. The van der Waals surface area contributed by atoms with Gasteiger partial charge in [-0.2, -0.15) is 5.10 Å². The molecule has 0 spiro atoms. The topological polar surface area (TPSA) is 81.7 Å². The highest BCUT2D eigenvalue weighted by Crippen LogP contribution is 2.21. The van der Waals surface area contributed by atoms with Gasteiger partial charge in [0.2, 0.25) is 0 Å². The van der Waals surface area contributed by atoms with E-state index in [0.717, 1.165) is 29.9 Å². The minimum atomic E-state index is 0.657. The summed E-state index contributed by atoms with van der Waals surface area (Å²) in [5, 5.41) is 4.23. The van der Waals surface area contributed by atoms with Crippen LogP contribution in [0.3, 0.4) is 0 Å². The Morgan fingerprint density at radius 3 is 2.72 bits per heavy atom. The smallest absolute Gasteiger partial charge is 0.180 e. The van der Waals surface area contributed by atoms with Crippen LogP contribution < -0.4 is 11.3 Å². The number of rotatable bonds is 4. The van der Waals surface area contributed by atoms with Crippen LogP contribution in [-0.4, -0.2) is 19.7 Å². The lowest BCUT2D eigenvalue weighted by atomic mass is 10.2. The lowest BCUT2D eigenvalue weighted by Crippen LogP contribution is -2.14. The predicted molar refractivity (Wildman–Crippen MR) is 70.9 cm³/mol. The second kappa shape index (κ2) is 5.14. The van der Waals surface area contributed by atoms with Gasteiger partial charge in [-0.05, 0) is 26.3 Å². The van der Waals surface area contributed by atoms with Crippen molar-refractivity contribution in [3.05, 3.63) is 23.5 Å². The molecule has 0 atom stereocenters. The van der Waals surface area contributed by atoms with Gasteiger partial charge in [-0.3, -0.25) is 4.68 Å². The van der Waals surface area contributed by atoms with Crippen molar-refractivity contribution in [3.8, 4) is 11.5 Å². The number of aromatic nitrogens is 4.